The number of rotatable bonds is 5. The van der Waals surface area contributed by atoms with Gasteiger partial charge in [0.15, 0.2) is 5.76 Å². The second-order valence-corrected chi connectivity index (χ2v) is 4.05. The van der Waals surface area contributed by atoms with Crippen LogP contribution in [-0.2, 0) is 6.54 Å². The summed E-state index contributed by atoms with van der Waals surface area (Å²) >= 11 is 0. The molecule has 0 fully saturated rings. The molecule has 2 N–H and O–H groups in total. The summed E-state index contributed by atoms with van der Waals surface area (Å²) in [5.74, 6) is 1.01. The summed E-state index contributed by atoms with van der Waals surface area (Å²) in [7, 11) is 0. The molecule has 2 aromatic heterocycles. The number of hydrogen-bond acceptors (Lipinski definition) is 5. The van der Waals surface area contributed by atoms with Crippen molar-refractivity contribution in [2.45, 2.75) is 20.4 Å². The van der Waals surface area contributed by atoms with Crippen molar-refractivity contribution in [3.63, 3.8) is 0 Å². The molecule has 2 heterocycles. The molecular weight excluding hydrogens is 244 g/mol. The number of carbonyl (C=O) groups is 1. The number of carbonyl (C=O) groups excluding carboxylic acids is 1. The zero-order chi connectivity index (χ0) is 13.7. The number of nitrogens with one attached hydrogen (secondary N) is 2. The van der Waals surface area contributed by atoms with E-state index in [1.54, 1.807) is 24.4 Å². The maximum Gasteiger partial charge on any atom is 0.255 e. The van der Waals surface area contributed by atoms with Crippen molar-refractivity contribution >= 4 is 11.7 Å². The number of aromatic nitrogens is 2. The summed E-state index contributed by atoms with van der Waals surface area (Å²) in [6.45, 7) is 4.80. The van der Waals surface area contributed by atoms with Gasteiger partial charge in [0, 0.05) is 18.8 Å². The van der Waals surface area contributed by atoms with E-state index in [0.29, 0.717) is 30.2 Å². The van der Waals surface area contributed by atoms with Gasteiger partial charge in [0.25, 0.3) is 5.91 Å². The molecule has 19 heavy (non-hydrogen) atoms. The Morgan fingerprint density at radius 2 is 2.32 bits per heavy atom. The van der Waals surface area contributed by atoms with E-state index in [4.69, 9.17) is 4.52 Å². The second-order valence-electron chi connectivity index (χ2n) is 4.05. The standard InChI is InChI=1S/C13H16N4O2/c1-3-14-12-11(5-4-6-15-12)13(18)16-8-10-7-9(2)17-19-10/h4-7H,3,8H2,1-2H3,(H,14,15)(H,16,18). The van der Waals surface area contributed by atoms with Crippen LogP contribution in [0.1, 0.15) is 28.7 Å². The minimum Gasteiger partial charge on any atom is -0.370 e. The van der Waals surface area contributed by atoms with Crippen LogP contribution < -0.4 is 10.6 Å². The molecule has 6 heteroatoms. The molecule has 0 aliphatic heterocycles. The lowest BCUT2D eigenvalue weighted by Crippen LogP contribution is -2.24. The second kappa shape index (κ2) is 5.99. The van der Waals surface area contributed by atoms with Crippen LogP contribution in [-0.4, -0.2) is 22.6 Å². The van der Waals surface area contributed by atoms with Crippen molar-refractivity contribution in [3.8, 4) is 0 Å². The zero-order valence-corrected chi connectivity index (χ0v) is 10.9. The molecule has 0 atom stereocenters. The van der Waals surface area contributed by atoms with E-state index in [2.05, 4.69) is 20.8 Å². The lowest BCUT2D eigenvalue weighted by atomic mass is 10.2. The normalized spacial score (nSPS) is 10.2. The molecular formula is C13H16N4O2. The highest BCUT2D eigenvalue weighted by molar-refractivity contribution is 5.98. The molecule has 0 radical (unpaired) electrons. The largest absolute Gasteiger partial charge is 0.370 e. The summed E-state index contributed by atoms with van der Waals surface area (Å²) in [4.78, 5) is 16.2. The van der Waals surface area contributed by atoms with Crippen molar-refractivity contribution in [2.24, 2.45) is 0 Å². The van der Waals surface area contributed by atoms with Gasteiger partial charge in [0.1, 0.15) is 5.82 Å². The minimum absolute atomic E-state index is 0.196. The summed E-state index contributed by atoms with van der Waals surface area (Å²) in [5, 5.41) is 9.59. The summed E-state index contributed by atoms with van der Waals surface area (Å²) in [6, 6.07) is 5.25. The van der Waals surface area contributed by atoms with Gasteiger partial charge in [-0.25, -0.2) is 4.98 Å². The Morgan fingerprint density at radius 1 is 1.47 bits per heavy atom. The number of nitrogens with zero attached hydrogens (tertiary/aromatic N) is 2. The highest BCUT2D eigenvalue weighted by Crippen LogP contribution is 2.11. The first-order valence-corrected chi connectivity index (χ1v) is 6.10. The number of aryl methyl sites for hydroxylation is 1. The highest BCUT2D eigenvalue weighted by Gasteiger charge is 2.12. The Balaban J connectivity index is 2.03. The summed E-state index contributed by atoms with van der Waals surface area (Å²) in [5.41, 5.74) is 1.31. The predicted molar refractivity (Wildman–Crippen MR) is 70.8 cm³/mol. The Labute approximate surface area is 111 Å². The summed E-state index contributed by atoms with van der Waals surface area (Å²) < 4.78 is 5.03. The lowest BCUT2D eigenvalue weighted by molar-refractivity contribution is 0.0947. The topological polar surface area (TPSA) is 80.0 Å². The molecule has 0 saturated carbocycles. The first kappa shape index (κ1) is 13.1. The quantitative estimate of drug-likeness (QED) is 0.856. The molecule has 2 rings (SSSR count). The van der Waals surface area contributed by atoms with Crippen LogP contribution in [0.3, 0.4) is 0 Å². The van der Waals surface area contributed by atoms with Gasteiger partial charge in [0.05, 0.1) is 17.8 Å². The fourth-order valence-corrected chi connectivity index (χ4v) is 1.66. The van der Waals surface area contributed by atoms with Crippen LogP contribution in [0.15, 0.2) is 28.9 Å². The van der Waals surface area contributed by atoms with Crippen LogP contribution in [0, 0.1) is 6.92 Å². The Hall–Kier alpha value is -2.37. The van der Waals surface area contributed by atoms with Crippen molar-refractivity contribution in [3.05, 3.63) is 41.4 Å². The Kier molecular flexibility index (Phi) is 4.12. The van der Waals surface area contributed by atoms with E-state index >= 15 is 0 Å². The van der Waals surface area contributed by atoms with Gasteiger partial charge in [-0.1, -0.05) is 5.16 Å². The van der Waals surface area contributed by atoms with Gasteiger partial charge >= 0.3 is 0 Å². The van der Waals surface area contributed by atoms with E-state index in [-0.39, 0.29) is 5.91 Å². The van der Waals surface area contributed by atoms with E-state index in [1.807, 2.05) is 13.8 Å². The van der Waals surface area contributed by atoms with E-state index in [1.165, 1.54) is 0 Å². The van der Waals surface area contributed by atoms with Gasteiger partial charge in [0.2, 0.25) is 0 Å². The molecule has 0 bridgehead atoms. The summed E-state index contributed by atoms with van der Waals surface area (Å²) in [6.07, 6.45) is 1.65. The molecule has 0 saturated heterocycles. The molecule has 6 nitrogen and oxygen atoms in total. The fourth-order valence-electron chi connectivity index (χ4n) is 1.66. The molecule has 0 aromatic carbocycles. The third-order valence-electron chi connectivity index (χ3n) is 2.50. The van der Waals surface area contributed by atoms with Gasteiger partial charge in [-0.15, -0.1) is 0 Å². The Morgan fingerprint density at radius 3 is 3.00 bits per heavy atom. The molecule has 2 aromatic rings. The lowest BCUT2D eigenvalue weighted by Gasteiger charge is -2.08. The van der Waals surface area contributed by atoms with Crippen molar-refractivity contribution in [1.29, 1.82) is 0 Å². The van der Waals surface area contributed by atoms with Crippen molar-refractivity contribution < 1.29 is 9.32 Å². The van der Waals surface area contributed by atoms with E-state index in [9.17, 15) is 4.79 Å². The van der Waals surface area contributed by atoms with Crippen LogP contribution in [0.4, 0.5) is 5.82 Å². The average molecular weight is 260 g/mol. The third-order valence-corrected chi connectivity index (χ3v) is 2.50. The predicted octanol–water partition coefficient (Wildman–Crippen LogP) is 1.74. The van der Waals surface area contributed by atoms with E-state index < -0.39 is 0 Å². The molecule has 0 unspecified atom stereocenters. The number of anilines is 1. The number of hydrogen-bond donors (Lipinski definition) is 2. The number of amides is 1. The first-order valence-electron chi connectivity index (χ1n) is 6.10. The van der Waals surface area contributed by atoms with Crippen molar-refractivity contribution in [2.75, 3.05) is 11.9 Å². The molecule has 1 amide bonds. The maximum absolute atomic E-state index is 12.1. The van der Waals surface area contributed by atoms with Crippen LogP contribution in [0.5, 0.6) is 0 Å². The van der Waals surface area contributed by atoms with Gasteiger partial charge in [-0.2, -0.15) is 0 Å². The average Bonchev–Trinajstić information content (AvgIpc) is 2.83. The van der Waals surface area contributed by atoms with Gasteiger partial charge in [-0.05, 0) is 26.0 Å². The Bertz CT molecular complexity index is 565. The molecule has 100 valence electrons. The molecule has 0 aliphatic carbocycles. The highest BCUT2D eigenvalue weighted by atomic mass is 16.5. The van der Waals surface area contributed by atoms with E-state index in [0.717, 1.165) is 5.69 Å². The first-order chi connectivity index (χ1) is 9.20. The monoisotopic (exact) mass is 260 g/mol. The smallest absolute Gasteiger partial charge is 0.255 e. The maximum atomic E-state index is 12.1. The molecule has 0 spiro atoms. The minimum atomic E-state index is -0.196. The zero-order valence-electron chi connectivity index (χ0n) is 10.9. The van der Waals surface area contributed by atoms with Crippen molar-refractivity contribution in [1.82, 2.24) is 15.5 Å². The third kappa shape index (κ3) is 3.31. The van der Waals surface area contributed by atoms with Crippen LogP contribution in [0.25, 0.3) is 0 Å². The number of pyridine rings is 1. The van der Waals surface area contributed by atoms with Crippen LogP contribution in [0.2, 0.25) is 0 Å². The SMILES string of the molecule is CCNc1ncccc1C(=O)NCc1cc(C)no1. The fraction of sp³-hybridized carbons (Fsp3) is 0.308. The van der Waals surface area contributed by atoms with Crippen LogP contribution >= 0.6 is 0 Å². The van der Waals surface area contributed by atoms with Gasteiger partial charge in [-0.3, -0.25) is 4.79 Å². The van der Waals surface area contributed by atoms with Gasteiger partial charge < -0.3 is 15.2 Å². The molecule has 0 aliphatic rings.